The van der Waals surface area contributed by atoms with E-state index in [1.165, 1.54) is 22.9 Å². The highest BCUT2D eigenvalue weighted by atomic mass is 32.1. The largest absolute Gasteiger partial charge is 0.327 e. The average Bonchev–Trinajstić information content (AvgIpc) is 2.89. The maximum atomic E-state index is 4.56. The molecule has 18 heavy (non-hydrogen) atoms. The molecule has 0 aromatic carbocycles. The molecule has 5 heteroatoms. The van der Waals surface area contributed by atoms with Crippen molar-refractivity contribution in [3.8, 4) is 0 Å². The molecular formula is C13H18N4S. The van der Waals surface area contributed by atoms with Crippen molar-refractivity contribution < 1.29 is 0 Å². The van der Waals surface area contributed by atoms with Gasteiger partial charge >= 0.3 is 0 Å². The number of aromatic nitrogens is 4. The monoisotopic (exact) mass is 262 g/mol. The lowest BCUT2D eigenvalue weighted by molar-refractivity contribution is 0.350. The van der Waals surface area contributed by atoms with E-state index in [1.54, 1.807) is 0 Å². The first-order valence-electron chi connectivity index (χ1n) is 6.45. The molecule has 0 saturated heterocycles. The van der Waals surface area contributed by atoms with Crippen LogP contribution in [0.4, 0.5) is 0 Å². The summed E-state index contributed by atoms with van der Waals surface area (Å²) in [6.45, 7) is 7.41. The fourth-order valence-electron chi connectivity index (χ4n) is 2.55. The van der Waals surface area contributed by atoms with E-state index in [9.17, 15) is 0 Å². The summed E-state index contributed by atoms with van der Waals surface area (Å²) < 4.78 is 6.48. The predicted octanol–water partition coefficient (Wildman–Crippen LogP) is 2.46. The molecule has 0 bridgehead atoms. The van der Waals surface area contributed by atoms with Crippen molar-refractivity contribution in [3.63, 3.8) is 0 Å². The van der Waals surface area contributed by atoms with Crippen LogP contribution < -0.4 is 0 Å². The Labute approximate surface area is 111 Å². The Balaban J connectivity index is 1.86. The van der Waals surface area contributed by atoms with Gasteiger partial charge in [0.2, 0.25) is 0 Å². The SMILES string of the molecule is Cc1nsc(Cn2cnc3c2CC(C)C(C)C3)n1. The van der Waals surface area contributed by atoms with E-state index in [2.05, 4.69) is 32.8 Å². The van der Waals surface area contributed by atoms with Crippen LogP contribution in [0.15, 0.2) is 6.33 Å². The van der Waals surface area contributed by atoms with Crippen LogP contribution in [0.2, 0.25) is 0 Å². The Morgan fingerprint density at radius 2 is 2.11 bits per heavy atom. The smallest absolute Gasteiger partial charge is 0.139 e. The first-order chi connectivity index (χ1) is 8.63. The van der Waals surface area contributed by atoms with E-state index >= 15 is 0 Å². The molecule has 0 saturated carbocycles. The van der Waals surface area contributed by atoms with Crippen molar-refractivity contribution in [2.75, 3.05) is 0 Å². The predicted molar refractivity (Wildman–Crippen MR) is 71.7 cm³/mol. The first kappa shape index (κ1) is 11.8. The summed E-state index contributed by atoms with van der Waals surface area (Å²) >= 11 is 1.49. The zero-order valence-electron chi connectivity index (χ0n) is 11.1. The highest BCUT2D eigenvalue weighted by Gasteiger charge is 2.25. The third-order valence-corrected chi connectivity index (χ3v) is 4.70. The number of fused-ring (bicyclic) bond motifs is 1. The van der Waals surface area contributed by atoms with Crippen LogP contribution in [0.1, 0.15) is 36.1 Å². The van der Waals surface area contributed by atoms with Gasteiger partial charge in [-0.25, -0.2) is 9.97 Å². The number of hydrogen-bond acceptors (Lipinski definition) is 4. The average molecular weight is 262 g/mol. The molecular weight excluding hydrogens is 244 g/mol. The summed E-state index contributed by atoms with van der Waals surface area (Å²) in [5.41, 5.74) is 2.68. The summed E-state index contributed by atoms with van der Waals surface area (Å²) in [5, 5.41) is 1.07. The van der Waals surface area contributed by atoms with Gasteiger partial charge in [-0.3, -0.25) is 0 Å². The van der Waals surface area contributed by atoms with Crippen molar-refractivity contribution in [3.05, 3.63) is 28.5 Å². The molecule has 2 heterocycles. The van der Waals surface area contributed by atoms with Gasteiger partial charge in [0.05, 0.1) is 18.6 Å². The van der Waals surface area contributed by atoms with Crippen molar-refractivity contribution in [1.29, 1.82) is 0 Å². The second-order valence-corrected chi connectivity index (χ2v) is 6.20. The third kappa shape index (κ3) is 2.07. The van der Waals surface area contributed by atoms with Crippen LogP contribution in [0, 0.1) is 18.8 Å². The van der Waals surface area contributed by atoms with Gasteiger partial charge in [0.1, 0.15) is 10.8 Å². The zero-order chi connectivity index (χ0) is 12.7. The number of hydrogen-bond donors (Lipinski definition) is 0. The fourth-order valence-corrected chi connectivity index (χ4v) is 3.20. The van der Waals surface area contributed by atoms with Crippen molar-refractivity contribution in [1.82, 2.24) is 18.9 Å². The van der Waals surface area contributed by atoms with Crippen molar-refractivity contribution in [2.24, 2.45) is 11.8 Å². The molecule has 0 spiro atoms. The molecule has 3 rings (SSSR count). The summed E-state index contributed by atoms with van der Waals surface area (Å²) in [4.78, 5) is 8.99. The van der Waals surface area contributed by atoms with Gasteiger partial charge in [0.25, 0.3) is 0 Å². The summed E-state index contributed by atoms with van der Waals surface area (Å²) in [6, 6.07) is 0. The van der Waals surface area contributed by atoms with Gasteiger partial charge in [-0.15, -0.1) is 0 Å². The van der Waals surface area contributed by atoms with Crippen LogP contribution in [0.5, 0.6) is 0 Å². The summed E-state index contributed by atoms with van der Waals surface area (Å²) in [5.74, 6) is 2.35. The molecule has 0 fully saturated rings. The van der Waals surface area contributed by atoms with Crippen molar-refractivity contribution in [2.45, 2.75) is 40.2 Å². The van der Waals surface area contributed by atoms with E-state index in [0.29, 0.717) is 0 Å². The van der Waals surface area contributed by atoms with Gasteiger partial charge in [-0.05, 0) is 43.1 Å². The quantitative estimate of drug-likeness (QED) is 0.835. The molecule has 0 amide bonds. The maximum Gasteiger partial charge on any atom is 0.139 e. The Morgan fingerprint density at radius 3 is 2.83 bits per heavy atom. The lowest BCUT2D eigenvalue weighted by Crippen LogP contribution is -2.22. The minimum absolute atomic E-state index is 0.740. The first-order valence-corrected chi connectivity index (χ1v) is 7.23. The van der Waals surface area contributed by atoms with Crippen LogP contribution in [-0.4, -0.2) is 18.9 Å². The molecule has 2 atom stereocenters. The standard InChI is InChI=1S/C13H18N4S/c1-8-4-11-12(5-9(8)2)17(7-14-11)6-13-15-10(3)16-18-13/h7-9H,4-6H2,1-3H3. The van der Waals surface area contributed by atoms with Gasteiger partial charge in [-0.2, -0.15) is 4.37 Å². The van der Waals surface area contributed by atoms with E-state index in [4.69, 9.17) is 0 Å². The van der Waals surface area contributed by atoms with E-state index < -0.39 is 0 Å². The van der Waals surface area contributed by atoms with Crippen LogP contribution in [0.3, 0.4) is 0 Å². The summed E-state index contributed by atoms with van der Waals surface area (Å²) in [6.07, 6.45) is 4.21. The Bertz CT molecular complexity index is 557. The molecule has 0 N–H and O–H groups in total. The van der Waals surface area contributed by atoms with E-state index in [0.717, 1.165) is 42.1 Å². The molecule has 2 aromatic heterocycles. The topological polar surface area (TPSA) is 43.6 Å². The highest BCUT2D eigenvalue weighted by Crippen LogP contribution is 2.29. The molecule has 1 aliphatic carbocycles. The van der Waals surface area contributed by atoms with Crippen LogP contribution in [-0.2, 0) is 19.4 Å². The molecule has 4 nitrogen and oxygen atoms in total. The Hall–Kier alpha value is -1.23. The molecule has 2 aromatic rings. The molecule has 0 radical (unpaired) electrons. The van der Waals surface area contributed by atoms with Gasteiger partial charge < -0.3 is 4.57 Å². The number of imidazole rings is 1. The fraction of sp³-hybridized carbons (Fsp3) is 0.615. The van der Waals surface area contributed by atoms with Crippen molar-refractivity contribution >= 4 is 11.5 Å². The molecule has 0 aliphatic heterocycles. The molecule has 96 valence electrons. The Kier molecular flexibility index (Phi) is 2.93. The van der Waals surface area contributed by atoms with Crippen LogP contribution >= 0.6 is 11.5 Å². The summed E-state index contributed by atoms with van der Waals surface area (Å²) in [7, 11) is 0. The third-order valence-electron chi connectivity index (χ3n) is 3.91. The Morgan fingerprint density at radius 1 is 1.33 bits per heavy atom. The highest BCUT2D eigenvalue weighted by molar-refractivity contribution is 7.05. The number of aryl methyl sites for hydroxylation is 1. The van der Waals surface area contributed by atoms with E-state index in [1.807, 2.05) is 13.3 Å². The minimum atomic E-state index is 0.740. The number of rotatable bonds is 2. The second-order valence-electron chi connectivity index (χ2n) is 5.36. The minimum Gasteiger partial charge on any atom is -0.327 e. The molecule has 2 unspecified atom stereocenters. The molecule has 1 aliphatic rings. The van der Waals surface area contributed by atoms with Crippen LogP contribution in [0.25, 0.3) is 0 Å². The van der Waals surface area contributed by atoms with Gasteiger partial charge in [0.15, 0.2) is 0 Å². The second kappa shape index (κ2) is 4.46. The van der Waals surface area contributed by atoms with Gasteiger partial charge in [0, 0.05) is 5.69 Å². The van der Waals surface area contributed by atoms with E-state index in [-0.39, 0.29) is 0 Å². The lowest BCUT2D eigenvalue weighted by Gasteiger charge is -2.25. The maximum absolute atomic E-state index is 4.56. The normalized spacial score (nSPS) is 23.1. The zero-order valence-corrected chi connectivity index (χ0v) is 11.9. The van der Waals surface area contributed by atoms with Gasteiger partial charge in [-0.1, -0.05) is 13.8 Å². The lowest BCUT2D eigenvalue weighted by atomic mass is 9.82. The number of nitrogens with zero attached hydrogens (tertiary/aromatic N) is 4.